The molecule has 0 aliphatic carbocycles. The van der Waals surface area contributed by atoms with Crippen molar-refractivity contribution < 1.29 is 5.11 Å². The van der Waals surface area contributed by atoms with E-state index >= 15 is 0 Å². The number of aromatic hydroxyl groups is 1. The lowest BCUT2D eigenvalue weighted by Crippen LogP contribution is -2.23. The lowest BCUT2D eigenvalue weighted by atomic mass is 10.1. The van der Waals surface area contributed by atoms with Gasteiger partial charge in [0, 0.05) is 10.4 Å². The Balaban J connectivity index is 2.19. The highest BCUT2D eigenvalue weighted by molar-refractivity contribution is 9.11. The number of phenols is 1. The first kappa shape index (κ1) is 20.2. The second-order valence-electron chi connectivity index (χ2n) is 6.14. The first-order valence-electron chi connectivity index (χ1n) is 8.26. The summed E-state index contributed by atoms with van der Waals surface area (Å²) in [6, 6.07) is 8.90. The molecular weight excluding hydrogens is 542 g/mol. The van der Waals surface area contributed by atoms with E-state index < -0.39 is 0 Å². The van der Waals surface area contributed by atoms with Crippen molar-refractivity contribution in [3.05, 3.63) is 65.5 Å². The van der Waals surface area contributed by atoms with E-state index in [1.54, 1.807) is 24.4 Å². The number of rotatable bonds is 4. The SMILES string of the molecule is CC[C@H](C)c1nc2ccc(Br)cc2c(=O)n1N=Cc1cc(Br)c(O)c(Br)c1. The molecule has 1 aromatic heterocycles. The molecule has 0 fully saturated rings. The van der Waals surface area contributed by atoms with Crippen molar-refractivity contribution in [2.24, 2.45) is 5.10 Å². The summed E-state index contributed by atoms with van der Waals surface area (Å²) < 4.78 is 3.24. The quantitative estimate of drug-likeness (QED) is 0.413. The van der Waals surface area contributed by atoms with Crippen molar-refractivity contribution >= 4 is 64.9 Å². The van der Waals surface area contributed by atoms with E-state index in [4.69, 9.17) is 0 Å². The maximum atomic E-state index is 13.1. The van der Waals surface area contributed by atoms with Gasteiger partial charge in [-0.2, -0.15) is 9.78 Å². The fourth-order valence-electron chi connectivity index (χ4n) is 2.56. The van der Waals surface area contributed by atoms with Gasteiger partial charge in [0.15, 0.2) is 0 Å². The minimum Gasteiger partial charge on any atom is -0.506 e. The number of hydrogen-bond donors (Lipinski definition) is 1. The molecule has 0 saturated carbocycles. The highest BCUT2D eigenvalue weighted by atomic mass is 79.9. The Hall–Kier alpha value is -1.51. The fourth-order valence-corrected chi connectivity index (χ4v) is 4.15. The predicted molar refractivity (Wildman–Crippen MR) is 119 cm³/mol. The number of benzene rings is 2. The third-order valence-corrected chi connectivity index (χ3v) is 5.95. The van der Waals surface area contributed by atoms with Crippen LogP contribution in [0, 0.1) is 0 Å². The minimum absolute atomic E-state index is 0.0705. The van der Waals surface area contributed by atoms with Crippen LogP contribution < -0.4 is 5.56 Å². The van der Waals surface area contributed by atoms with E-state index in [2.05, 4.69) is 57.9 Å². The van der Waals surface area contributed by atoms with Crippen molar-refractivity contribution in [1.29, 1.82) is 0 Å². The molecule has 0 amide bonds. The van der Waals surface area contributed by atoms with E-state index in [9.17, 15) is 9.90 Å². The molecule has 0 saturated heterocycles. The molecule has 27 heavy (non-hydrogen) atoms. The molecule has 1 N–H and O–H groups in total. The van der Waals surface area contributed by atoms with Crippen molar-refractivity contribution in [2.75, 3.05) is 0 Å². The van der Waals surface area contributed by atoms with Crippen LogP contribution >= 0.6 is 47.8 Å². The molecule has 140 valence electrons. The van der Waals surface area contributed by atoms with Crippen molar-refractivity contribution in [3.8, 4) is 5.75 Å². The van der Waals surface area contributed by atoms with Crippen molar-refractivity contribution in [1.82, 2.24) is 9.66 Å². The molecule has 2 aromatic carbocycles. The van der Waals surface area contributed by atoms with Crippen LogP contribution in [0.25, 0.3) is 10.9 Å². The Bertz CT molecular complexity index is 1090. The molecule has 0 spiro atoms. The molecule has 3 aromatic rings. The van der Waals surface area contributed by atoms with Gasteiger partial charge in [0.05, 0.1) is 26.1 Å². The summed E-state index contributed by atoms with van der Waals surface area (Å²) in [5.41, 5.74) is 1.16. The molecule has 0 radical (unpaired) electrons. The van der Waals surface area contributed by atoms with Gasteiger partial charge in [-0.1, -0.05) is 29.8 Å². The summed E-state index contributed by atoms with van der Waals surface area (Å²) >= 11 is 10.0. The summed E-state index contributed by atoms with van der Waals surface area (Å²) in [5, 5.41) is 14.8. The van der Waals surface area contributed by atoms with Crippen molar-refractivity contribution in [3.63, 3.8) is 0 Å². The number of phenolic OH excluding ortho intramolecular Hbond substituents is 1. The lowest BCUT2D eigenvalue weighted by Gasteiger charge is -2.14. The third-order valence-electron chi connectivity index (χ3n) is 4.25. The largest absolute Gasteiger partial charge is 0.506 e. The van der Waals surface area contributed by atoms with Crippen LogP contribution in [-0.2, 0) is 0 Å². The van der Waals surface area contributed by atoms with Crippen LogP contribution in [0.2, 0.25) is 0 Å². The number of nitrogens with zero attached hydrogens (tertiary/aromatic N) is 3. The second kappa shape index (κ2) is 8.24. The molecule has 0 aliphatic heterocycles. The first-order valence-corrected chi connectivity index (χ1v) is 10.6. The van der Waals surface area contributed by atoms with Crippen LogP contribution in [0.15, 0.2) is 53.6 Å². The number of aromatic nitrogens is 2. The molecule has 5 nitrogen and oxygen atoms in total. The average Bonchev–Trinajstić information content (AvgIpc) is 2.64. The Labute approximate surface area is 181 Å². The van der Waals surface area contributed by atoms with Crippen LogP contribution in [0.4, 0.5) is 0 Å². The monoisotopic (exact) mass is 555 g/mol. The highest BCUT2D eigenvalue weighted by Gasteiger charge is 2.15. The summed E-state index contributed by atoms with van der Waals surface area (Å²) in [6.45, 7) is 4.07. The number of hydrogen-bond acceptors (Lipinski definition) is 4. The highest BCUT2D eigenvalue weighted by Crippen LogP contribution is 2.32. The topological polar surface area (TPSA) is 67.5 Å². The van der Waals surface area contributed by atoms with E-state index in [0.717, 1.165) is 16.5 Å². The van der Waals surface area contributed by atoms with Crippen LogP contribution in [0.1, 0.15) is 37.6 Å². The Morgan fingerprint density at radius 2 is 1.89 bits per heavy atom. The minimum atomic E-state index is -0.218. The molecule has 0 unspecified atom stereocenters. The Morgan fingerprint density at radius 3 is 2.52 bits per heavy atom. The van der Waals surface area contributed by atoms with Gasteiger partial charge in [0.1, 0.15) is 11.6 Å². The second-order valence-corrected chi connectivity index (χ2v) is 8.76. The van der Waals surface area contributed by atoms with Gasteiger partial charge in [0.25, 0.3) is 5.56 Å². The van der Waals surface area contributed by atoms with E-state index in [1.807, 2.05) is 26.0 Å². The fraction of sp³-hybridized carbons (Fsp3) is 0.211. The number of halogens is 3. The summed E-state index contributed by atoms with van der Waals surface area (Å²) in [5.74, 6) is 0.800. The zero-order chi connectivity index (χ0) is 19.7. The normalized spacial score (nSPS) is 12.8. The standard InChI is InChI=1S/C19H16Br3N3O2/c1-3-10(2)18-24-16-5-4-12(20)8-13(16)19(27)25(18)23-9-11-6-14(21)17(26)15(22)7-11/h4-10,26H,3H2,1-2H3/t10-/m0/s1. The zero-order valence-corrected chi connectivity index (χ0v) is 19.3. The molecule has 0 aliphatic rings. The predicted octanol–water partition coefficient (Wildman–Crippen LogP) is 5.79. The molecule has 8 heteroatoms. The van der Waals surface area contributed by atoms with Gasteiger partial charge in [-0.05, 0) is 74.2 Å². The maximum Gasteiger partial charge on any atom is 0.282 e. The molecular formula is C19H16Br3N3O2. The van der Waals surface area contributed by atoms with Crippen molar-refractivity contribution in [2.45, 2.75) is 26.2 Å². The average molecular weight is 558 g/mol. The lowest BCUT2D eigenvalue weighted by molar-refractivity contribution is 0.468. The summed E-state index contributed by atoms with van der Waals surface area (Å²) in [7, 11) is 0. The van der Waals surface area contributed by atoms with Crippen LogP contribution in [0.3, 0.4) is 0 Å². The molecule has 0 bridgehead atoms. The smallest absolute Gasteiger partial charge is 0.282 e. The Morgan fingerprint density at radius 1 is 1.22 bits per heavy atom. The van der Waals surface area contributed by atoms with Gasteiger partial charge >= 0.3 is 0 Å². The molecule has 1 atom stereocenters. The van der Waals surface area contributed by atoms with E-state index in [-0.39, 0.29) is 17.2 Å². The Kier molecular flexibility index (Phi) is 6.18. The summed E-state index contributed by atoms with van der Waals surface area (Å²) in [6.07, 6.45) is 2.41. The maximum absolute atomic E-state index is 13.1. The van der Waals surface area contributed by atoms with Gasteiger partial charge in [0.2, 0.25) is 0 Å². The zero-order valence-electron chi connectivity index (χ0n) is 14.6. The first-order chi connectivity index (χ1) is 12.8. The molecule has 3 rings (SSSR count). The third kappa shape index (κ3) is 4.17. The van der Waals surface area contributed by atoms with Crippen LogP contribution in [-0.4, -0.2) is 21.0 Å². The van der Waals surface area contributed by atoms with E-state index in [1.165, 1.54) is 4.68 Å². The van der Waals surface area contributed by atoms with E-state index in [0.29, 0.717) is 25.7 Å². The molecule has 1 heterocycles. The van der Waals surface area contributed by atoms with Gasteiger partial charge in [-0.15, -0.1) is 0 Å². The van der Waals surface area contributed by atoms with Gasteiger partial charge in [-0.3, -0.25) is 4.79 Å². The summed E-state index contributed by atoms with van der Waals surface area (Å²) in [4.78, 5) is 17.7. The van der Waals surface area contributed by atoms with Gasteiger partial charge < -0.3 is 5.11 Å². The van der Waals surface area contributed by atoms with Crippen LogP contribution in [0.5, 0.6) is 5.75 Å². The van der Waals surface area contributed by atoms with Gasteiger partial charge in [-0.25, -0.2) is 4.98 Å². The number of fused-ring (bicyclic) bond motifs is 1.